The van der Waals surface area contributed by atoms with E-state index in [-0.39, 0.29) is 0 Å². The summed E-state index contributed by atoms with van der Waals surface area (Å²) in [4.78, 5) is 11.7. The Morgan fingerprint density at radius 3 is 2.28 bits per heavy atom. The molecule has 3 nitrogen and oxygen atoms in total. The summed E-state index contributed by atoms with van der Waals surface area (Å²) < 4.78 is 2.16. The molecule has 0 saturated heterocycles. The Balaban J connectivity index is 2.24. The lowest BCUT2D eigenvalue weighted by atomic mass is 9.70. The average Bonchev–Trinajstić information content (AvgIpc) is 2.63. The lowest BCUT2D eigenvalue weighted by Gasteiger charge is -2.36. The number of nitrogens with zero attached hydrogens (tertiary/aromatic N) is 1. The fourth-order valence-corrected chi connectivity index (χ4v) is 3.01. The maximum Gasteiger partial charge on any atom is 0.311 e. The molecular formula is C15H23NO2. The van der Waals surface area contributed by atoms with Gasteiger partial charge in [0.2, 0.25) is 0 Å². The first-order valence-electron chi connectivity index (χ1n) is 6.81. The van der Waals surface area contributed by atoms with E-state index in [2.05, 4.69) is 23.6 Å². The van der Waals surface area contributed by atoms with Crippen LogP contribution in [0.1, 0.15) is 44.0 Å². The summed E-state index contributed by atoms with van der Waals surface area (Å²) in [6.45, 7) is 6.94. The van der Waals surface area contributed by atoms with E-state index in [0.717, 1.165) is 37.1 Å². The van der Waals surface area contributed by atoms with Gasteiger partial charge in [-0.15, -0.1) is 0 Å². The SMILES string of the molecule is Cc1ccc(C)n1CC1(C(=O)O)CCC(C)CC1. The molecule has 1 aliphatic rings. The summed E-state index contributed by atoms with van der Waals surface area (Å²) in [6.07, 6.45) is 3.68. The first kappa shape index (κ1) is 13.2. The van der Waals surface area contributed by atoms with E-state index in [1.54, 1.807) is 0 Å². The monoisotopic (exact) mass is 249 g/mol. The second-order valence-corrected chi connectivity index (χ2v) is 5.97. The lowest BCUT2D eigenvalue weighted by Crippen LogP contribution is -2.39. The van der Waals surface area contributed by atoms with Crippen LogP contribution in [0.25, 0.3) is 0 Å². The first-order valence-corrected chi connectivity index (χ1v) is 6.81. The molecule has 0 aliphatic heterocycles. The number of carboxylic acid groups (broad SMARTS) is 1. The Kier molecular flexibility index (Phi) is 3.51. The molecule has 0 aromatic carbocycles. The molecule has 2 rings (SSSR count). The van der Waals surface area contributed by atoms with E-state index in [1.807, 2.05) is 13.8 Å². The van der Waals surface area contributed by atoms with Crippen LogP contribution < -0.4 is 0 Å². The second-order valence-electron chi connectivity index (χ2n) is 5.97. The Labute approximate surface area is 109 Å². The highest BCUT2D eigenvalue weighted by Gasteiger charge is 2.41. The molecule has 100 valence electrons. The number of carbonyl (C=O) groups is 1. The summed E-state index contributed by atoms with van der Waals surface area (Å²) in [7, 11) is 0. The molecule has 1 fully saturated rings. The van der Waals surface area contributed by atoms with Gasteiger partial charge in [0.25, 0.3) is 0 Å². The van der Waals surface area contributed by atoms with Crippen molar-refractivity contribution in [2.24, 2.45) is 11.3 Å². The van der Waals surface area contributed by atoms with Gasteiger partial charge < -0.3 is 9.67 Å². The van der Waals surface area contributed by atoms with Gasteiger partial charge in [-0.05, 0) is 57.6 Å². The highest BCUT2D eigenvalue weighted by atomic mass is 16.4. The van der Waals surface area contributed by atoms with Crippen molar-refractivity contribution >= 4 is 5.97 Å². The molecular weight excluding hydrogens is 226 g/mol. The van der Waals surface area contributed by atoms with Gasteiger partial charge in [0.05, 0.1) is 5.41 Å². The number of aliphatic carboxylic acids is 1. The third-order valence-corrected chi connectivity index (χ3v) is 4.56. The molecule has 1 saturated carbocycles. The maximum atomic E-state index is 11.7. The van der Waals surface area contributed by atoms with Crippen molar-refractivity contribution in [3.63, 3.8) is 0 Å². The first-order chi connectivity index (χ1) is 8.44. The van der Waals surface area contributed by atoms with Crippen molar-refractivity contribution < 1.29 is 9.90 Å². The Morgan fingerprint density at radius 1 is 1.33 bits per heavy atom. The van der Waals surface area contributed by atoms with Crippen molar-refractivity contribution in [2.75, 3.05) is 0 Å². The minimum Gasteiger partial charge on any atom is -0.481 e. The van der Waals surface area contributed by atoms with E-state index < -0.39 is 11.4 Å². The molecule has 1 aromatic rings. The zero-order chi connectivity index (χ0) is 13.3. The summed E-state index contributed by atoms with van der Waals surface area (Å²) in [5, 5.41) is 9.64. The van der Waals surface area contributed by atoms with Gasteiger partial charge in [-0.2, -0.15) is 0 Å². The second kappa shape index (κ2) is 4.79. The average molecular weight is 249 g/mol. The quantitative estimate of drug-likeness (QED) is 0.892. The van der Waals surface area contributed by atoms with Crippen LogP contribution in [0.2, 0.25) is 0 Å². The highest BCUT2D eigenvalue weighted by Crippen LogP contribution is 2.41. The molecule has 1 heterocycles. The molecule has 1 aromatic heterocycles. The fourth-order valence-electron chi connectivity index (χ4n) is 3.01. The normalized spacial score (nSPS) is 28.3. The maximum absolute atomic E-state index is 11.7. The third kappa shape index (κ3) is 2.31. The Bertz CT molecular complexity index is 420. The van der Waals surface area contributed by atoms with Gasteiger partial charge in [0, 0.05) is 17.9 Å². The van der Waals surface area contributed by atoms with Crippen molar-refractivity contribution in [1.29, 1.82) is 0 Å². The van der Waals surface area contributed by atoms with Gasteiger partial charge in [-0.3, -0.25) is 4.79 Å². The fraction of sp³-hybridized carbons (Fsp3) is 0.667. The van der Waals surface area contributed by atoms with E-state index in [9.17, 15) is 9.90 Å². The van der Waals surface area contributed by atoms with Gasteiger partial charge in [-0.25, -0.2) is 0 Å². The van der Waals surface area contributed by atoms with E-state index >= 15 is 0 Å². The Hall–Kier alpha value is -1.25. The molecule has 1 N–H and O–H groups in total. The number of aromatic nitrogens is 1. The zero-order valence-corrected chi connectivity index (χ0v) is 11.6. The largest absolute Gasteiger partial charge is 0.481 e. The molecule has 0 spiro atoms. The lowest BCUT2D eigenvalue weighted by molar-refractivity contribution is -0.152. The number of hydrogen-bond acceptors (Lipinski definition) is 1. The number of carboxylic acids is 1. The third-order valence-electron chi connectivity index (χ3n) is 4.56. The molecule has 0 atom stereocenters. The number of aryl methyl sites for hydroxylation is 2. The van der Waals surface area contributed by atoms with Crippen LogP contribution in [0.15, 0.2) is 12.1 Å². The molecule has 1 aliphatic carbocycles. The van der Waals surface area contributed by atoms with E-state index in [0.29, 0.717) is 12.5 Å². The molecule has 0 bridgehead atoms. The summed E-state index contributed by atoms with van der Waals surface area (Å²) in [5.41, 5.74) is 1.76. The van der Waals surface area contributed by atoms with Crippen LogP contribution in [-0.4, -0.2) is 15.6 Å². The summed E-state index contributed by atoms with van der Waals surface area (Å²) >= 11 is 0. The standard InChI is InChI=1S/C15H23NO2/c1-11-6-8-15(9-7-11,14(17)18)10-16-12(2)4-5-13(16)3/h4-5,11H,6-10H2,1-3H3,(H,17,18). The van der Waals surface area contributed by atoms with Crippen LogP contribution in [0.4, 0.5) is 0 Å². The smallest absolute Gasteiger partial charge is 0.311 e. The number of rotatable bonds is 3. The van der Waals surface area contributed by atoms with Crippen molar-refractivity contribution in [3.8, 4) is 0 Å². The molecule has 0 unspecified atom stereocenters. The Morgan fingerprint density at radius 2 is 1.83 bits per heavy atom. The van der Waals surface area contributed by atoms with E-state index in [1.165, 1.54) is 0 Å². The number of hydrogen-bond donors (Lipinski definition) is 1. The highest BCUT2D eigenvalue weighted by molar-refractivity contribution is 5.74. The van der Waals surface area contributed by atoms with Gasteiger partial charge in [0.15, 0.2) is 0 Å². The van der Waals surface area contributed by atoms with Crippen LogP contribution in [0, 0.1) is 25.2 Å². The zero-order valence-electron chi connectivity index (χ0n) is 11.6. The van der Waals surface area contributed by atoms with Crippen molar-refractivity contribution in [2.45, 2.75) is 53.0 Å². The molecule has 0 amide bonds. The van der Waals surface area contributed by atoms with Crippen LogP contribution in [0.5, 0.6) is 0 Å². The van der Waals surface area contributed by atoms with Gasteiger partial charge >= 0.3 is 5.97 Å². The van der Waals surface area contributed by atoms with Gasteiger partial charge in [0.1, 0.15) is 0 Å². The van der Waals surface area contributed by atoms with Crippen LogP contribution in [-0.2, 0) is 11.3 Å². The molecule has 0 radical (unpaired) electrons. The molecule has 18 heavy (non-hydrogen) atoms. The van der Waals surface area contributed by atoms with Crippen molar-refractivity contribution in [1.82, 2.24) is 4.57 Å². The summed E-state index contributed by atoms with van der Waals surface area (Å²) in [5.74, 6) is 0.0474. The van der Waals surface area contributed by atoms with Crippen LogP contribution >= 0.6 is 0 Å². The summed E-state index contributed by atoms with van der Waals surface area (Å²) in [6, 6.07) is 4.13. The van der Waals surface area contributed by atoms with Crippen molar-refractivity contribution in [3.05, 3.63) is 23.5 Å². The van der Waals surface area contributed by atoms with E-state index in [4.69, 9.17) is 0 Å². The topological polar surface area (TPSA) is 42.2 Å². The van der Waals surface area contributed by atoms with Gasteiger partial charge in [-0.1, -0.05) is 6.92 Å². The minimum atomic E-state index is -0.623. The minimum absolute atomic E-state index is 0.555. The predicted octanol–water partition coefficient (Wildman–Crippen LogP) is 3.39. The predicted molar refractivity (Wildman–Crippen MR) is 71.6 cm³/mol. The van der Waals surface area contributed by atoms with Crippen LogP contribution in [0.3, 0.4) is 0 Å². The molecule has 3 heteroatoms.